The van der Waals surface area contributed by atoms with Crippen molar-refractivity contribution < 1.29 is 0 Å². The van der Waals surface area contributed by atoms with Gasteiger partial charge in [0.25, 0.3) is 0 Å². The molecule has 1 heterocycles. The second-order valence-electron chi connectivity index (χ2n) is 4.07. The van der Waals surface area contributed by atoms with E-state index in [4.69, 9.17) is 0 Å². The van der Waals surface area contributed by atoms with Gasteiger partial charge in [0.05, 0.1) is 0 Å². The van der Waals surface area contributed by atoms with Crippen molar-refractivity contribution in [2.45, 2.75) is 26.2 Å². The second kappa shape index (κ2) is 4.40. The predicted octanol–water partition coefficient (Wildman–Crippen LogP) is 2.32. The number of aromatic nitrogens is 2. The van der Waals surface area contributed by atoms with Gasteiger partial charge in [-0.15, -0.1) is 0 Å². The van der Waals surface area contributed by atoms with E-state index in [2.05, 4.69) is 22.2 Å². The molecule has 2 rings (SSSR count). The number of nitrogens with one attached hydrogen (secondary N) is 1. The zero-order chi connectivity index (χ0) is 9.80. The summed E-state index contributed by atoms with van der Waals surface area (Å²) < 4.78 is 0. The topological polar surface area (TPSA) is 37.8 Å². The van der Waals surface area contributed by atoms with E-state index in [0.29, 0.717) is 0 Å². The van der Waals surface area contributed by atoms with Gasteiger partial charge in [-0.3, -0.25) is 0 Å². The maximum absolute atomic E-state index is 4.13. The largest absolute Gasteiger partial charge is 0.354 e. The smallest absolute Gasteiger partial charge is 0.222 e. The van der Waals surface area contributed by atoms with Crippen molar-refractivity contribution in [3.63, 3.8) is 0 Å². The highest BCUT2D eigenvalue weighted by atomic mass is 15.1. The van der Waals surface area contributed by atoms with Crippen LogP contribution in [-0.2, 0) is 0 Å². The van der Waals surface area contributed by atoms with Gasteiger partial charge in [0.1, 0.15) is 0 Å². The van der Waals surface area contributed by atoms with Crippen molar-refractivity contribution in [1.29, 1.82) is 0 Å². The molecule has 0 amide bonds. The van der Waals surface area contributed by atoms with Crippen molar-refractivity contribution in [3.8, 4) is 0 Å². The van der Waals surface area contributed by atoms with Gasteiger partial charge in [0.2, 0.25) is 5.95 Å². The van der Waals surface area contributed by atoms with Crippen LogP contribution in [0.3, 0.4) is 0 Å². The minimum atomic E-state index is 0.757. The highest BCUT2D eigenvalue weighted by Crippen LogP contribution is 2.35. The summed E-state index contributed by atoms with van der Waals surface area (Å²) in [5, 5.41) is 3.27. The molecule has 0 atom stereocenters. The Balaban J connectivity index is 1.69. The number of anilines is 1. The van der Waals surface area contributed by atoms with Gasteiger partial charge in [0, 0.05) is 18.9 Å². The molecule has 3 nitrogen and oxygen atoms in total. The van der Waals surface area contributed by atoms with Crippen LogP contribution in [0.15, 0.2) is 18.5 Å². The zero-order valence-corrected chi connectivity index (χ0v) is 8.61. The van der Waals surface area contributed by atoms with E-state index in [1.54, 1.807) is 12.4 Å². The molecule has 76 valence electrons. The Labute approximate surface area is 85.0 Å². The molecule has 0 aromatic carbocycles. The lowest BCUT2D eigenvalue weighted by Gasteiger charge is -2.34. The molecule has 0 spiro atoms. The molecule has 1 aromatic heterocycles. The van der Waals surface area contributed by atoms with Crippen molar-refractivity contribution in [3.05, 3.63) is 18.5 Å². The molecule has 3 heteroatoms. The van der Waals surface area contributed by atoms with Crippen LogP contribution in [0.4, 0.5) is 5.95 Å². The van der Waals surface area contributed by atoms with Gasteiger partial charge >= 0.3 is 0 Å². The summed E-state index contributed by atoms with van der Waals surface area (Å²) in [5.41, 5.74) is 0. The molecule has 0 radical (unpaired) electrons. The number of hydrogen-bond acceptors (Lipinski definition) is 3. The average Bonchev–Trinajstić information content (AvgIpc) is 2.17. The lowest BCUT2D eigenvalue weighted by molar-refractivity contribution is 0.199. The lowest BCUT2D eigenvalue weighted by atomic mass is 9.73. The van der Waals surface area contributed by atoms with Gasteiger partial charge in [-0.05, 0) is 30.7 Å². The van der Waals surface area contributed by atoms with Crippen LogP contribution in [0.1, 0.15) is 26.2 Å². The molecule has 0 bridgehead atoms. The summed E-state index contributed by atoms with van der Waals surface area (Å²) in [6.45, 7) is 3.30. The van der Waals surface area contributed by atoms with Crippen LogP contribution >= 0.6 is 0 Å². The van der Waals surface area contributed by atoms with E-state index in [-0.39, 0.29) is 0 Å². The van der Waals surface area contributed by atoms with Gasteiger partial charge in [0.15, 0.2) is 0 Å². The number of nitrogens with zero attached hydrogens (tertiary/aromatic N) is 2. The van der Waals surface area contributed by atoms with E-state index < -0.39 is 0 Å². The summed E-state index contributed by atoms with van der Waals surface area (Å²) in [6.07, 6.45) is 7.61. The average molecular weight is 191 g/mol. The quantitative estimate of drug-likeness (QED) is 0.793. The maximum atomic E-state index is 4.13. The fraction of sp³-hybridized carbons (Fsp3) is 0.636. The molecule has 1 aliphatic carbocycles. The van der Waals surface area contributed by atoms with E-state index in [1.165, 1.54) is 19.3 Å². The summed E-state index contributed by atoms with van der Waals surface area (Å²) in [4.78, 5) is 8.25. The first-order valence-electron chi connectivity index (χ1n) is 5.39. The first kappa shape index (κ1) is 9.44. The third kappa shape index (κ3) is 2.22. The van der Waals surface area contributed by atoms with Crippen LogP contribution in [-0.4, -0.2) is 16.5 Å². The molecule has 0 unspecified atom stereocenters. The first-order valence-corrected chi connectivity index (χ1v) is 5.39. The molecule has 0 aliphatic heterocycles. The molecule has 0 saturated heterocycles. The Hall–Kier alpha value is -1.12. The molecule has 1 aliphatic rings. The Morgan fingerprint density at radius 2 is 2.00 bits per heavy atom. The lowest BCUT2D eigenvalue weighted by Crippen LogP contribution is -2.29. The highest BCUT2D eigenvalue weighted by molar-refractivity contribution is 5.22. The van der Waals surface area contributed by atoms with Gasteiger partial charge in [-0.25, -0.2) is 9.97 Å². The third-order valence-corrected chi connectivity index (χ3v) is 3.03. The molecule has 1 saturated carbocycles. The van der Waals surface area contributed by atoms with Crippen LogP contribution < -0.4 is 5.32 Å². The van der Waals surface area contributed by atoms with Gasteiger partial charge < -0.3 is 5.32 Å². The second-order valence-corrected chi connectivity index (χ2v) is 4.07. The van der Waals surface area contributed by atoms with Crippen molar-refractivity contribution >= 4 is 5.95 Å². The SMILES string of the molecule is CCC1CC(CNc2ncccn2)C1. The van der Waals surface area contributed by atoms with Crippen molar-refractivity contribution in [2.24, 2.45) is 11.8 Å². The Morgan fingerprint density at radius 3 is 2.64 bits per heavy atom. The fourth-order valence-electron chi connectivity index (χ4n) is 2.00. The van der Waals surface area contributed by atoms with Crippen LogP contribution in [0.25, 0.3) is 0 Å². The minimum absolute atomic E-state index is 0.757. The monoisotopic (exact) mass is 191 g/mol. The van der Waals surface area contributed by atoms with Crippen LogP contribution in [0.5, 0.6) is 0 Å². The Morgan fingerprint density at radius 1 is 1.29 bits per heavy atom. The molecular formula is C11H17N3. The molecular weight excluding hydrogens is 174 g/mol. The summed E-state index contributed by atoms with van der Waals surface area (Å²) in [5.74, 6) is 2.56. The van der Waals surface area contributed by atoms with Crippen molar-refractivity contribution in [1.82, 2.24) is 9.97 Å². The van der Waals surface area contributed by atoms with Crippen LogP contribution in [0.2, 0.25) is 0 Å². The van der Waals surface area contributed by atoms with E-state index in [0.717, 1.165) is 24.3 Å². The first-order chi connectivity index (χ1) is 6.88. The molecule has 1 aromatic rings. The molecule has 1 N–H and O–H groups in total. The van der Waals surface area contributed by atoms with E-state index >= 15 is 0 Å². The Kier molecular flexibility index (Phi) is 2.96. The summed E-state index contributed by atoms with van der Waals surface area (Å²) >= 11 is 0. The predicted molar refractivity (Wildman–Crippen MR) is 57.0 cm³/mol. The number of rotatable bonds is 4. The van der Waals surface area contributed by atoms with Crippen molar-refractivity contribution in [2.75, 3.05) is 11.9 Å². The Bertz CT molecular complexity index is 267. The summed E-state index contributed by atoms with van der Waals surface area (Å²) in [7, 11) is 0. The van der Waals surface area contributed by atoms with Crippen LogP contribution in [0, 0.1) is 11.8 Å². The fourth-order valence-corrected chi connectivity index (χ4v) is 2.00. The minimum Gasteiger partial charge on any atom is -0.354 e. The van der Waals surface area contributed by atoms with Gasteiger partial charge in [-0.1, -0.05) is 13.3 Å². The molecule has 14 heavy (non-hydrogen) atoms. The molecule has 1 fully saturated rings. The standard InChI is InChI=1S/C11H17N3/c1-2-9-6-10(7-9)8-14-11-12-4-3-5-13-11/h3-5,9-10H,2,6-8H2,1H3,(H,12,13,14). The van der Waals surface area contributed by atoms with E-state index in [9.17, 15) is 0 Å². The zero-order valence-electron chi connectivity index (χ0n) is 8.61. The maximum Gasteiger partial charge on any atom is 0.222 e. The summed E-state index contributed by atoms with van der Waals surface area (Å²) in [6, 6.07) is 1.83. The normalized spacial score (nSPS) is 25.5. The number of hydrogen-bond donors (Lipinski definition) is 1. The van der Waals surface area contributed by atoms with E-state index in [1.807, 2.05) is 6.07 Å². The third-order valence-electron chi connectivity index (χ3n) is 3.03. The van der Waals surface area contributed by atoms with Gasteiger partial charge in [-0.2, -0.15) is 0 Å². The highest BCUT2D eigenvalue weighted by Gasteiger charge is 2.27.